The van der Waals surface area contributed by atoms with Crippen LogP contribution < -0.4 is 21.7 Å². The Morgan fingerprint density at radius 2 is 1.65 bits per heavy atom. The van der Waals surface area contributed by atoms with E-state index in [2.05, 4.69) is 36.0 Å². The highest BCUT2D eigenvalue weighted by Crippen LogP contribution is 2.39. The second kappa shape index (κ2) is 16.9. The van der Waals surface area contributed by atoms with Crippen molar-refractivity contribution in [1.82, 2.24) is 30.0 Å². The van der Waals surface area contributed by atoms with E-state index in [1.807, 2.05) is 27.7 Å². The number of nitrogens with two attached hydrogens (primary N) is 1. The SMILES string of the molecule is CCNc1nc(Cl)nc(NC(C)(C)C)n1.Nc1c([N+](=O)[O-])cnn1-c1c(Cl)cc(C(F)(F)F)cc1Cl.O=C(O)CNCP(=O)(O)O. The van der Waals surface area contributed by atoms with Crippen LogP contribution in [0.4, 0.5) is 36.6 Å². The monoisotopic (exact) mass is 738 g/mol. The van der Waals surface area contributed by atoms with E-state index in [4.69, 9.17) is 55.4 Å². The lowest BCUT2D eigenvalue weighted by molar-refractivity contribution is -0.383. The Labute approximate surface area is 274 Å². The molecule has 0 radical (unpaired) electrons. The molecule has 0 saturated heterocycles. The van der Waals surface area contributed by atoms with Crippen LogP contribution in [0, 0.1) is 10.1 Å². The molecule has 0 unspecified atom stereocenters. The van der Waals surface area contributed by atoms with Gasteiger partial charge >= 0.3 is 25.4 Å². The van der Waals surface area contributed by atoms with Crippen molar-refractivity contribution < 1.29 is 42.3 Å². The molecule has 0 bridgehead atoms. The number of carbonyl (C=O) groups is 1. The van der Waals surface area contributed by atoms with Crippen molar-refractivity contribution in [2.45, 2.75) is 39.4 Å². The number of rotatable bonds is 9. The van der Waals surface area contributed by atoms with Gasteiger partial charge in [-0.1, -0.05) is 23.2 Å². The number of benzene rings is 1. The summed E-state index contributed by atoms with van der Waals surface area (Å²) in [7, 11) is -4.10. The van der Waals surface area contributed by atoms with E-state index in [9.17, 15) is 32.6 Å². The second-order valence-corrected chi connectivity index (χ2v) is 12.5. The zero-order valence-electron chi connectivity index (χ0n) is 24.3. The van der Waals surface area contributed by atoms with Gasteiger partial charge in [-0.3, -0.25) is 24.8 Å². The lowest BCUT2D eigenvalue weighted by atomic mass is 10.1. The summed E-state index contributed by atoms with van der Waals surface area (Å²) < 4.78 is 48.7. The summed E-state index contributed by atoms with van der Waals surface area (Å²) in [5, 5.41) is 29.9. The van der Waals surface area contributed by atoms with Crippen LogP contribution in [0.15, 0.2) is 18.3 Å². The van der Waals surface area contributed by atoms with Crippen molar-refractivity contribution in [3.8, 4) is 5.69 Å². The number of carboxylic acid groups (broad SMARTS) is 1. The van der Waals surface area contributed by atoms with Crippen molar-refractivity contribution in [3.05, 3.63) is 49.3 Å². The second-order valence-electron chi connectivity index (χ2n) is 9.67. The number of halogens is 6. The predicted octanol–water partition coefficient (Wildman–Crippen LogP) is 4.65. The Morgan fingerprint density at radius 3 is 2.07 bits per heavy atom. The standard InChI is InChI=1S/C10H5Cl2F3N4O2.C9H16ClN5.C3H8NO5P/c11-5-1-4(10(13,14)15)2-6(12)8(5)18-9(16)7(3-17-18)19(20)21;1-5-11-7-12-6(10)13-8(14-7)15-9(2,3)4;5-3(6)1-4-2-10(7,8)9/h1-3H,16H2;5H2,1-4H3,(H2,11,12,13,14,15);4H,1-2H2,(H,5,6)(H2,7,8,9). The Morgan fingerprint density at radius 1 is 1.11 bits per heavy atom. The molecule has 8 N–H and O–H groups in total. The first-order chi connectivity index (χ1) is 20.9. The molecule has 256 valence electrons. The maximum absolute atomic E-state index is 12.6. The number of nitrogen functional groups attached to an aromatic ring is 1. The minimum absolute atomic E-state index is 0.103. The molecule has 1 aromatic carbocycles. The van der Waals surface area contributed by atoms with Crippen LogP contribution in [0.5, 0.6) is 0 Å². The maximum Gasteiger partial charge on any atom is 0.416 e. The van der Waals surface area contributed by atoms with E-state index in [-0.39, 0.29) is 26.6 Å². The van der Waals surface area contributed by atoms with Gasteiger partial charge < -0.3 is 31.3 Å². The van der Waals surface area contributed by atoms with Crippen LogP contribution >= 0.6 is 42.4 Å². The summed E-state index contributed by atoms with van der Waals surface area (Å²) >= 11 is 17.3. The number of nitrogens with one attached hydrogen (secondary N) is 3. The number of nitrogens with zero attached hydrogens (tertiary/aromatic N) is 6. The van der Waals surface area contributed by atoms with Gasteiger partial charge in [0, 0.05) is 12.1 Å². The topological polar surface area (TPSA) is 257 Å². The highest BCUT2D eigenvalue weighted by Gasteiger charge is 2.33. The van der Waals surface area contributed by atoms with Gasteiger partial charge in [0.1, 0.15) is 11.9 Å². The molecular weight excluding hydrogens is 711 g/mol. The first-order valence-corrected chi connectivity index (χ1v) is 15.3. The fraction of sp³-hybridized carbons (Fsp3) is 0.409. The Bertz CT molecular complexity index is 1550. The van der Waals surface area contributed by atoms with Crippen LogP contribution in [0.1, 0.15) is 33.3 Å². The lowest BCUT2D eigenvalue weighted by Crippen LogP contribution is -2.27. The van der Waals surface area contributed by atoms with Crippen molar-refractivity contribution in [2.24, 2.45) is 0 Å². The predicted molar refractivity (Wildman–Crippen MR) is 165 cm³/mol. The molecule has 0 fully saturated rings. The van der Waals surface area contributed by atoms with Crippen LogP contribution in [0.2, 0.25) is 15.3 Å². The highest BCUT2D eigenvalue weighted by molar-refractivity contribution is 7.51. The smallest absolute Gasteiger partial charge is 0.416 e. The third-order valence-electron chi connectivity index (χ3n) is 4.56. The first kappa shape index (κ1) is 40.5. The number of carboxylic acids is 1. The molecule has 0 atom stereocenters. The number of alkyl halides is 3. The van der Waals surface area contributed by atoms with Gasteiger partial charge in [-0.2, -0.15) is 33.2 Å². The largest absolute Gasteiger partial charge is 0.480 e. The van der Waals surface area contributed by atoms with Crippen molar-refractivity contribution >= 4 is 71.8 Å². The van der Waals surface area contributed by atoms with Crippen molar-refractivity contribution in [3.63, 3.8) is 0 Å². The van der Waals surface area contributed by atoms with E-state index >= 15 is 0 Å². The molecule has 2 aromatic heterocycles. The number of hydrogen-bond acceptors (Lipinski definition) is 12. The summed E-state index contributed by atoms with van der Waals surface area (Å²) in [5.74, 6) is -0.570. The lowest BCUT2D eigenvalue weighted by Gasteiger charge is -2.20. The molecule has 0 aliphatic heterocycles. The van der Waals surface area contributed by atoms with Gasteiger partial charge in [-0.05, 0) is 51.4 Å². The average molecular weight is 740 g/mol. The van der Waals surface area contributed by atoms with Crippen molar-refractivity contribution in [1.29, 1.82) is 0 Å². The average Bonchev–Trinajstić information content (AvgIpc) is 3.22. The fourth-order valence-corrected chi connectivity index (χ4v) is 4.10. The molecule has 3 aromatic rings. The third kappa shape index (κ3) is 14.3. The van der Waals surface area contributed by atoms with Gasteiger partial charge in [0.15, 0.2) is 0 Å². The van der Waals surface area contributed by atoms with Crippen LogP contribution in [-0.4, -0.2) is 75.4 Å². The molecule has 0 aliphatic rings. The van der Waals surface area contributed by atoms with Gasteiger partial charge in [0.2, 0.25) is 23.0 Å². The van der Waals surface area contributed by atoms with Gasteiger partial charge in [0.25, 0.3) is 0 Å². The molecule has 0 aliphatic carbocycles. The normalized spacial score (nSPS) is 11.5. The number of aliphatic carboxylic acids is 1. The quantitative estimate of drug-likeness (QED) is 0.0895. The summed E-state index contributed by atoms with van der Waals surface area (Å²) in [6.07, 6.45) is -4.38. The molecular formula is C22H29Cl3F3N10O7P. The minimum atomic E-state index is -4.63. The molecule has 0 amide bonds. The summed E-state index contributed by atoms with van der Waals surface area (Å²) in [6.45, 7) is 8.35. The molecule has 46 heavy (non-hydrogen) atoms. The summed E-state index contributed by atoms with van der Waals surface area (Å²) in [6, 6.07) is 1.27. The maximum atomic E-state index is 12.6. The minimum Gasteiger partial charge on any atom is -0.480 e. The van der Waals surface area contributed by atoms with E-state index in [1.54, 1.807) is 0 Å². The molecule has 24 heteroatoms. The van der Waals surface area contributed by atoms with Crippen molar-refractivity contribution in [2.75, 3.05) is 35.7 Å². The Kier molecular flexibility index (Phi) is 14.9. The van der Waals surface area contributed by atoms with E-state index in [0.29, 0.717) is 24.0 Å². The van der Waals surface area contributed by atoms with Crippen LogP contribution in [0.3, 0.4) is 0 Å². The molecule has 2 heterocycles. The molecule has 0 spiro atoms. The van der Waals surface area contributed by atoms with Gasteiger partial charge in [-0.25, -0.2) is 4.68 Å². The Hall–Kier alpha value is -3.52. The van der Waals surface area contributed by atoms with E-state index in [1.165, 1.54) is 0 Å². The Balaban J connectivity index is 0.000000371. The number of hydrogen-bond donors (Lipinski definition) is 7. The van der Waals surface area contributed by atoms with Crippen LogP contribution in [-0.2, 0) is 15.5 Å². The van der Waals surface area contributed by atoms with E-state index < -0.39 is 54.6 Å². The fourth-order valence-electron chi connectivity index (χ4n) is 2.89. The molecule has 17 nitrogen and oxygen atoms in total. The highest BCUT2D eigenvalue weighted by atomic mass is 35.5. The van der Waals surface area contributed by atoms with Gasteiger partial charge in [0.05, 0.1) is 33.4 Å². The third-order valence-corrected chi connectivity index (χ3v) is 5.94. The molecule has 3 rings (SSSR count). The van der Waals surface area contributed by atoms with Gasteiger partial charge in [-0.15, -0.1) is 0 Å². The van der Waals surface area contributed by atoms with Crippen LogP contribution in [0.25, 0.3) is 5.69 Å². The number of anilines is 3. The summed E-state index contributed by atoms with van der Waals surface area (Å²) in [4.78, 5) is 48.2. The van der Waals surface area contributed by atoms with E-state index in [0.717, 1.165) is 17.4 Å². The molecule has 0 saturated carbocycles. The number of nitro groups is 1. The first-order valence-electron chi connectivity index (χ1n) is 12.4. The zero-order valence-corrected chi connectivity index (χ0v) is 27.5. The summed E-state index contributed by atoms with van der Waals surface area (Å²) in [5.41, 5.74) is 3.68. The zero-order chi connectivity index (χ0) is 35.6. The number of aromatic nitrogens is 5.